The molecule has 100 valence electrons. The monoisotopic (exact) mass is 278 g/mol. The normalized spacial score (nSPS) is 10.5. The van der Waals surface area contributed by atoms with Gasteiger partial charge in [-0.3, -0.25) is 4.79 Å². The fourth-order valence-corrected chi connectivity index (χ4v) is 1.89. The molecule has 1 heterocycles. The average molecular weight is 279 g/mol. The van der Waals surface area contributed by atoms with E-state index in [0.29, 0.717) is 22.3 Å². The molecule has 0 aliphatic carbocycles. The fraction of sp³-hybridized carbons (Fsp3) is 0.286. The Bertz CT molecular complexity index is 620. The largest absolute Gasteiger partial charge is 0.485 e. The van der Waals surface area contributed by atoms with Gasteiger partial charge < -0.3 is 9.30 Å². The van der Waals surface area contributed by atoms with E-state index in [9.17, 15) is 4.79 Å². The van der Waals surface area contributed by atoms with Gasteiger partial charge in [0.2, 0.25) is 0 Å². The highest BCUT2D eigenvalue weighted by atomic mass is 35.5. The Morgan fingerprint density at radius 1 is 1.47 bits per heavy atom. The SMILES string of the molecule is CC(=O)c1cc(C)ccc1OCc1ncc(Cl)n1C. The summed E-state index contributed by atoms with van der Waals surface area (Å²) in [5.74, 6) is 1.26. The Morgan fingerprint density at radius 3 is 2.79 bits per heavy atom. The second-order valence-electron chi connectivity index (χ2n) is 4.40. The van der Waals surface area contributed by atoms with Crippen molar-refractivity contribution in [2.24, 2.45) is 7.05 Å². The van der Waals surface area contributed by atoms with Gasteiger partial charge in [0.15, 0.2) is 5.78 Å². The van der Waals surface area contributed by atoms with Crippen molar-refractivity contribution in [2.75, 3.05) is 0 Å². The lowest BCUT2D eigenvalue weighted by Crippen LogP contribution is -2.06. The van der Waals surface area contributed by atoms with Crippen LogP contribution in [-0.2, 0) is 13.7 Å². The minimum atomic E-state index is -0.0171. The van der Waals surface area contributed by atoms with E-state index in [0.717, 1.165) is 5.56 Å². The van der Waals surface area contributed by atoms with Gasteiger partial charge in [-0.15, -0.1) is 0 Å². The maximum atomic E-state index is 11.6. The van der Waals surface area contributed by atoms with Crippen LogP contribution in [0.4, 0.5) is 0 Å². The minimum Gasteiger partial charge on any atom is -0.485 e. The number of aromatic nitrogens is 2. The first kappa shape index (κ1) is 13.6. The number of imidazole rings is 1. The maximum Gasteiger partial charge on any atom is 0.163 e. The topological polar surface area (TPSA) is 44.1 Å². The molecule has 0 radical (unpaired) electrons. The molecular weight excluding hydrogens is 264 g/mol. The van der Waals surface area contributed by atoms with Crippen LogP contribution in [0.5, 0.6) is 5.75 Å². The molecule has 0 aliphatic rings. The molecule has 0 saturated heterocycles. The van der Waals surface area contributed by atoms with Gasteiger partial charge in [0.25, 0.3) is 0 Å². The number of rotatable bonds is 4. The molecule has 2 aromatic rings. The van der Waals surface area contributed by atoms with Crippen molar-refractivity contribution in [1.29, 1.82) is 0 Å². The first-order valence-corrected chi connectivity index (χ1v) is 6.27. The van der Waals surface area contributed by atoms with Gasteiger partial charge in [-0.25, -0.2) is 4.98 Å². The summed E-state index contributed by atoms with van der Waals surface area (Å²) in [6.45, 7) is 3.74. The number of halogens is 1. The van der Waals surface area contributed by atoms with Crippen molar-refractivity contribution in [2.45, 2.75) is 20.5 Å². The standard InChI is InChI=1S/C14H15ClN2O2/c1-9-4-5-12(11(6-9)10(2)18)19-8-14-16-7-13(15)17(14)3/h4-7H,8H2,1-3H3. The molecule has 0 N–H and O–H groups in total. The van der Waals surface area contributed by atoms with Crippen LogP contribution >= 0.6 is 11.6 Å². The second kappa shape index (κ2) is 5.45. The highest BCUT2D eigenvalue weighted by molar-refractivity contribution is 6.29. The average Bonchev–Trinajstić information content (AvgIpc) is 2.68. The molecule has 0 unspecified atom stereocenters. The van der Waals surface area contributed by atoms with Crippen molar-refractivity contribution in [3.8, 4) is 5.75 Å². The van der Waals surface area contributed by atoms with E-state index < -0.39 is 0 Å². The van der Waals surface area contributed by atoms with Gasteiger partial charge in [-0.05, 0) is 26.0 Å². The molecule has 0 fully saturated rings. The Balaban J connectivity index is 2.20. The zero-order chi connectivity index (χ0) is 14.0. The number of benzene rings is 1. The van der Waals surface area contributed by atoms with Crippen LogP contribution in [0.15, 0.2) is 24.4 Å². The lowest BCUT2D eigenvalue weighted by Gasteiger charge is -2.10. The molecule has 2 rings (SSSR count). The predicted octanol–water partition coefficient (Wildman–Crippen LogP) is 3.16. The molecular formula is C14H15ClN2O2. The Morgan fingerprint density at radius 2 is 2.21 bits per heavy atom. The number of aryl methyl sites for hydroxylation is 1. The van der Waals surface area contributed by atoms with E-state index in [1.54, 1.807) is 16.8 Å². The number of hydrogen-bond acceptors (Lipinski definition) is 3. The molecule has 0 bridgehead atoms. The van der Waals surface area contributed by atoms with E-state index in [1.807, 2.05) is 26.1 Å². The van der Waals surface area contributed by atoms with Crippen LogP contribution in [0.3, 0.4) is 0 Å². The van der Waals surface area contributed by atoms with Gasteiger partial charge in [-0.2, -0.15) is 0 Å². The first-order chi connectivity index (χ1) is 8.99. The zero-order valence-corrected chi connectivity index (χ0v) is 11.9. The predicted molar refractivity (Wildman–Crippen MR) is 73.7 cm³/mol. The van der Waals surface area contributed by atoms with E-state index in [1.165, 1.54) is 6.92 Å². The summed E-state index contributed by atoms with van der Waals surface area (Å²) in [7, 11) is 1.81. The molecule has 19 heavy (non-hydrogen) atoms. The summed E-state index contributed by atoms with van der Waals surface area (Å²) in [5, 5.41) is 0.550. The second-order valence-corrected chi connectivity index (χ2v) is 4.79. The minimum absolute atomic E-state index is 0.0171. The molecule has 0 aliphatic heterocycles. The highest BCUT2D eigenvalue weighted by Crippen LogP contribution is 2.22. The summed E-state index contributed by atoms with van der Waals surface area (Å²) >= 11 is 5.90. The van der Waals surface area contributed by atoms with E-state index in [4.69, 9.17) is 16.3 Å². The van der Waals surface area contributed by atoms with Gasteiger partial charge in [0.1, 0.15) is 23.3 Å². The quantitative estimate of drug-likeness (QED) is 0.807. The van der Waals surface area contributed by atoms with E-state index in [-0.39, 0.29) is 12.4 Å². The van der Waals surface area contributed by atoms with Crippen molar-refractivity contribution in [1.82, 2.24) is 9.55 Å². The third-order valence-corrected chi connectivity index (χ3v) is 3.25. The number of ether oxygens (including phenoxy) is 1. The fourth-order valence-electron chi connectivity index (χ4n) is 1.75. The smallest absolute Gasteiger partial charge is 0.163 e. The lowest BCUT2D eigenvalue weighted by atomic mass is 10.1. The molecule has 0 atom stereocenters. The molecule has 1 aromatic carbocycles. The number of ketones is 1. The van der Waals surface area contributed by atoms with Crippen LogP contribution in [0.1, 0.15) is 28.7 Å². The molecule has 1 aromatic heterocycles. The van der Waals surface area contributed by atoms with Gasteiger partial charge in [-0.1, -0.05) is 23.2 Å². The number of carbonyl (C=O) groups excluding carboxylic acids is 1. The number of hydrogen-bond donors (Lipinski definition) is 0. The number of Topliss-reactive ketones (excluding diaryl/α,β-unsaturated/α-hetero) is 1. The van der Waals surface area contributed by atoms with Gasteiger partial charge in [0, 0.05) is 7.05 Å². The lowest BCUT2D eigenvalue weighted by molar-refractivity contribution is 0.101. The van der Waals surface area contributed by atoms with Gasteiger partial charge in [0.05, 0.1) is 11.8 Å². The van der Waals surface area contributed by atoms with Crippen LogP contribution in [0.2, 0.25) is 5.15 Å². The zero-order valence-electron chi connectivity index (χ0n) is 11.1. The Hall–Kier alpha value is -1.81. The third-order valence-electron chi connectivity index (χ3n) is 2.90. The maximum absolute atomic E-state index is 11.6. The molecule has 0 amide bonds. The van der Waals surface area contributed by atoms with Crippen molar-refractivity contribution in [3.05, 3.63) is 46.5 Å². The number of nitrogens with zero attached hydrogens (tertiary/aromatic N) is 2. The van der Waals surface area contributed by atoms with Crippen LogP contribution in [0, 0.1) is 6.92 Å². The van der Waals surface area contributed by atoms with Crippen molar-refractivity contribution in [3.63, 3.8) is 0 Å². The molecule has 5 heteroatoms. The molecule has 0 spiro atoms. The summed E-state index contributed by atoms with van der Waals surface area (Å²) in [6.07, 6.45) is 1.57. The van der Waals surface area contributed by atoms with Crippen molar-refractivity contribution >= 4 is 17.4 Å². The summed E-state index contributed by atoms with van der Waals surface area (Å²) in [5.41, 5.74) is 1.61. The summed E-state index contributed by atoms with van der Waals surface area (Å²) < 4.78 is 7.41. The molecule has 4 nitrogen and oxygen atoms in total. The first-order valence-electron chi connectivity index (χ1n) is 5.89. The van der Waals surface area contributed by atoms with E-state index >= 15 is 0 Å². The summed E-state index contributed by atoms with van der Waals surface area (Å²) in [6, 6.07) is 5.53. The number of carbonyl (C=O) groups is 1. The highest BCUT2D eigenvalue weighted by Gasteiger charge is 2.11. The van der Waals surface area contributed by atoms with Crippen LogP contribution in [-0.4, -0.2) is 15.3 Å². The van der Waals surface area contributed by atoms with Crippen molar-refractivity contribution < 1.29 is 9.53 Å². The molecule has 0 saturated carbocycles. The van der Waals surface area contributed by atoms with Crippen LogP contribution in [0.25, 0.3) is 0 Å². The van der Waals surface area contributed by atoms with Gasteiger partial charge >= 0.3 is 0 Å². The van der Waals surface area contributed by atoms with E-state index in [2.05, 4.69) is 4.98 Å². The summed E-state index contributed by atoms with van der Waals surface area (Å²) in [4.78, 5) is 15.7. The Kier molecular flexibility index (Phi) is 3.90. The Labute approximate surface area is 117 Å². The third kappa shape index (κ3) is 2.96. The van der Waals surface area contributed by atoms with Crippen LogP contribution < -0.4 is 4.74 Å².